The summed E-state index contributed by atoms with van der Waals surface area (Å²) in [7, 11) is 0. The van der Waals surface area contributed by atoms with Crippen molar-refractivity contribution in [2.75, 3.05) is 0 Å². The van der Waals surface area contributed by atoms with Gasteiger partial charge in [-0.2, -0.15) is 0 Å². The summed E-state index contributed by atoms with van der Waals surface area (Å²) in [5, 5.41) is 0. The maximum atomic E-state index is 12.6. The van der Waals surface area contributed by atoms with Crippen LogP contribution < -0.4 is 0 Å². The maximum absolute atomic E-state index is 12.6. The molecule has 8 atom stereocenters. The second-order valence-corrected chi connectivity index (χ2v) is 11.6. The van der Waals surface area contributed by atoms with Gasteiger partial charge in [0, 0.05) is 5.92 Å². The summed E-state index contributed by atoms with van der Waals surface area (Å²) in [6.07, 6.45) is 10.7. The number of esters is 1. The first kappa shape index (κ1) is 21.2. The summed E-state index contributed by atoms with van der Waals surface area (Å²) in [5.74, 6) is 3.49. The molecule has 0 saturated heterocycles. The van der Waals surface area contributed by atoms with Gasteiger partial charge in [0.1, 0.15) is 11.9 Å². The predicted molar refractivity (Wildman–Crippen MR) is 122 cm³/mol. The zero-order chi connectivity index (χ0) is 21.8. The number of hydrogen-bond donors (Lipinski definition) is 0. The largest absolute Gasteiger partial charge is 0.459 e. The van der Waals surface area contributed by atoms with Crippen molar-refractivity contribution in [1.29, 1.82) is 0 Å². The molecule has 0 aromatic heterocycles. The SMILES string of the molecule is CC(=O)C1CCC2C3CCC4CC(OC(=O)c5ccccc5)CCC4(C)C3CCC12C. The number of benzene rings is 1. The second kappa shape index (κ2) is 7.74. The molecule has 0 radical (unpaired) electrons. The quantitative estimate of drug-likeness (QED) is 0.525. The average molecular weight is 423 g/mol. The van der Waals surface area contributed by atoms with Crippen LogP contribution in [0.15, 0.2) is 30.3 Å². The monoisotopic (exact) mass is 422 g/mol. The molecule has 1 aromatic rings. The highest BCUT2D eigenvalue weighted by Crippen LogP contribution is 2.67. The standard InChI is InChI=1S/C28H38O3/c1-18(29)23-11-12-24-22-10-9-20-17-21(31-26(30)19-7-5-4-6-8-19)13-15-27(20,2)25(22)14-16-28(23,24)3/h4-8,20-25H,9-17H2,1-3H3. The fourth-order valence-corrected chi connectivity index (χ4v) is 8.79. The molecule has 0 heterocycles. The van der Waals surface area contributed by atoms with Gasteiger partial charge in [-0.05, 0) is 111 Å². The van der Waals surface area contributed by atoms with E-state index in [1.807, 2.05) is 37.3 Å². The van der Waals surface area contributed by atoms with Crippen molar-refractivity contribution in [3.63, 3.8) is 0 Å². The van der Waals surface area contributed by atoms with Crippen LogP contribution in [0.3, 0.4) is 0 Å². The summed E-state index contributed by atoms with van der Waals surface area (Å²) >= 11 is 0. The molecule has 4 fully saturated rings. The van der Waals surface area contributed by atoms with E-state index in [0.29, 0.717) is 22.7 Å². The lowest BCUT2D eigenvalue weighted by molar-refractivity contribution is -0.138. The summed E-state index contributed by atoms with van der Waals surface area (Å²) in [5.41, 5.74) is 1.26. The van der Waals surface area contributed by atoms with Crippen LogP contribution in [-0.4, -0.2) is 17.9 Å². The van der Waals surface area contributed by atoms with Crippen LogP contribution in [0.4, 0.5) is 0 Å². The van der Waals surface area contributed by atoms with Gasteiger partial charge in [-0.25, -0.2) is 4.79 Å². The number of ether oxygens (including phenoxy) is 1. The van der Waals surface area contributed by atoms with Gasteiger partial charge in [0.25, 0.3) is 0 Å². The Hall–Kier alpha value is -1.64. The van der Waals surface area contributed by atoms with Crippen molar-refractivity contribution in [2.45, 2.75) is 84.7 Å². The Morgan fingerprint density at radius 1 is 0.871 bits per heavy atom. The van der Waals surface area contributed by atoms with E-state index < -0.39 is 0 Å². The molecule has 3 nitrogen and oxygen atoms in total. The van der Waals surface area contributed by atoms with Gasteiger partial charge in [-0.3, -0.25) is 4.79 Å². The van der Waals surface area contributed by atoms with Crippen LogP contribution in [-0.2, 0) is 9.53 Å². The minimum Gasteiger partial charge on any atom is -0.459 e. The van der Waals surface area contributed by atoms with E-state index in [-0.39, 0.29) is 23.4 Å². The molecule has 8 unspecified atom stereocenters. The van der Waals surface area contributed by atoms with E-state index in [1.54, 1.807) is 0 Å². The van der Waals surface area contributed by atoms with Crippen LogP contribution >= 0.6 is 0 Å². The lowest BCUT2D eigenvalue weighted by Gasteiger charge is -2.61. The predicted octanol–water partition coefficient (Wildman–Crippen LogP) is 6.46. The third-order valence-electron chi connectivity index (χ3n) is 10.4. The number of rotatable bonds is 3. The first-order valence-electron chi connectivity index (χ1n) is 12.6. The van der Waals surface area contributed by atoms with Crippen molar-refractivity contribution in [3.05, 3.63) is 35.9 Å². The van der Waals surface area contributed by atoms with Gasteiger partial charge in [0.2, 0.25) is 0 Å². The van der Waals surface area contributed by atoms with E-state index in [1.165, 1.54) is 38.5 Å². The van der Waals surface area contributed by atoms with E-state index >= 15 is 0 Å². The molecule has 3 heteroatoms. The highest BCUT2D eigenvalue weighted by atomic mass is 16.5. The normalized spacial score (nSPS) is 44.0. The average Bonchev–Trinajstić information content (AvgIpc) is 3.12. The molecule has 168 valence electrons. The number of Topliss-reactive ketones (excluding diaryl/α,β-unsaturated/α-hetero) is 1. The zero-order valence-corrected chi connectivity index (χ0v) is 19.4. The fourth-order valence-electron chi connectivity index (χ4n) is 8.79. The number of ketones is 1. The highest BCUT2D eigenvalue weighted by Gasteiger charge is 2.60. The van der Waals surface area contributed by atoms with Gasteiger partial charge >= 0.3 is 5.97 Å². The van der Waals surface area contributed by atoms with Crippen molar-refractivity contribution >= 4 is 11.8 Å². The van der Waals surface area contributed by atoms with E-state index in [4.69, 9.17) is 4.74 Å². The van der Waals surface area contributed by atoms with Crippen molar-refractivity contribution in [3.8, 4) is 0 Å². The molecule has 0 N–H and O–H groups in total. The zero-order valence-electron chi connectivity index (χ0n) is 19.4. The smallest absolute Gasteiger partial charge is 0.338 e. The molecule has 4 saturated carbocycles. The third kappa shape index (κ3) is 3.38. The summed E-state index contributed by atoms with van der Waals surface area (Å²) in [6.45, 7) is 6.80. The molecule has 4 aliphatic carbocycles. The maximum Gasteiger partial charge on any atom is 0.338 e. The van der Waals surface area contributed by atoms with Gasteiger partial charge in [-0.15, -0.1) is 0 Å². The Kier molecular flexibility index (Phi) is 5.30. The van der Waals surface area contributed by atoms with E-state index in [2.05, 4.69) is 13.8 Å². The van der Waals surface area contributed by atoms with Gasteiger partial charge < -0.3 is 4.74 Å². The molecule has 0 amide bonds. The minimum atomic E-state index is -0.169. The molecular formula is C28H38O3. The van der Waals surface area contributed by atoms with Crippen LogP contribution in [0.1, 0.15) is 88.9 Å². The molecule has 5 rings (SSSR count). The number of carbonyl (C=O) groups excluding carboxylic acids is 2. The Morgan fingerprint density at radius 3 is 2.32 bits per heavy atom. The topological polar surface area (TPSA) is 43.4 Å². The third-order valence-corrected chi connectivity index (χ3v) is 10.4. The van der Waals surface area contributed by atoms with Crippen molar-refractivity contribution in [2.24, 2.45) is 40.4 Å². The summed E-state index contributed by atoms with van der Waals surface area (Å²) in [6, 6.07) is 9.41. The lowest BCUT2D eigenvalue weighted by atomic mass is 9.44. The Bertz CT molecular complexity index is 847. The first-order valence-corrected chi connectivity index (χ1v) is 12.6. The second-order valence-electron chi connectivity index (χ2n) is 11.6. The van der Waals surface area contributed by atoms with Crippen LogP contribution in [0.5, 0.6) is 0 Å². The highest BCUT2D eigenvalue weighted by molar-refractivity contribution is 5.89. The summed E-state index contributed by atoms with van der Waals surface area (Å²) in [4.78, 5) is 24.9. The fraction of sp³-hybridized carbons (Fsp3) is 0.714. The molecule has 1 aromatic carbocycles. The van der Waals surface area contributed by atoms with Crippen LogP contribution in [0.2, 0.25) is 0 Å². The van der Waals surface area contributed by atoms with Gasteiger partial charge in [0.05, 0.1) is 5.56 Å². The van der Waals surface area contributed by atoms with E-state index in [0.717, 1.165) is 37.0 Å². The van der Waals surface area contributed by atoms with Crippen LogP contribution in [0.25, 0.3) is 0 Å². The Morgan fingerprint density at radius 2 is 1.58 bits per heavy atom. The Balaban J connectivity index is 1.28. The summed E-state index contributed by atoms with van der Waals surface area (Å²) < 4.78 is 5.96. The molecule has 0 bridgehead atoms. The first-order chi connectivity index (χ1) is 14.8. The number of carbonyl (C=O) groups is 2. The van der Waals surface area contributed by atoms with Gasteiger partial charge in [-0.1, -0.05) is 32.0 Å². The minimum absolute atomic E-state index is 0.0600. The molecule has 4 aliphatic rings. The van der Waals surface area contributed by atoms with Crippen molar-refractivity contribution in [1.82, 2.24) is 0 Å². The van der Waals surface area contributed by atoms with Gasteiger partial charge in [0.15, 0.2) is 0 Å². The Labute approximate surface area is 187 Å². The molecule has 31 heavy (non-hydrogen) atoms. The molecular weight excluding hydrogens is 384 g/mol. The number of fused-ring (bicyclic) bond motifs is 5. The van der Waals surface area contributed by atoms with E-state index in [9.17, 15) is 9.59 Å². The number of hydrogen-bond acceptors (Lipinski definition) is 3. The van der Waals surface area contributed by atoms with Crippen molar-refractivity contribution < 1.29 is 14.3 Å². The molecule has 0 spiro atoms. The molecule has 0 aliphatic heterocycles. The lowest BCUT2D eigenvalue weighted by Crippen LogP contribution is -2.54. The van der Waals surface area contributed by atoms with Crippen LogP contribution in [0, 0.1) is 40.4 Å².